The van der Waals surface area contributed by atoms with Crippen LogP contribution in [0.15, 0.2) is 42.7 Å². The van der Waals surface area contributed by atoms with Crippen molar-refractivity contribution in [1.29, 1.82) is 0 Å². The molecule has 5 heteroatoms. The first-order chi connectivity index (χ1) is 10.2. The van der Waals surface area contributed by atoms with Gasteiger partial charge in [-0.1, -0.05) is 18.2 Å². The zero-order valence-corrected chi connectivity index (χ0v) is 12.0. The van der Waals surface area contributed by atoms with Crippen molar-refractivity contribution in [3.05, 3.63) is 48.3 Å². The van der Waals surface area contributed by atoms with E-state index in [1.807, 2.05) is 25.4 Å². The molecule has 0 bridgehead atoms. The third-order valence-electron chi connectivity index (χ3n) is 3.61. The second kappa shape index (κ2) is 5.83. The molecule has 108 valence electrons. The zero-order valence-electron chi connectivity index (χ0n) is 12.0. The van der Waals surface area contributed by atoms with Crippen LogP contribution in [0.1, 0.15) is 18.4 Å². The SMILES string of the molecule is Cn1nccc1NC(=O)CCCc1c[nH]c2ccccc12. The van der Waals surface area contributed by atoms with Crippen LogP contribution in [-0.2, 0) is 18.3 Å². The molecule has 0 fully saturated rings. The Hall–Kier alpha value is -2.56. The summed E-state index contributed by atoms with van der Waals surface area (Å²) in [5.74, 6) is 0.755. The van der Waals surface area contributed by atoms with Gasteiger partial charge in [0.2, 0.25) is 5.91 Å². The fraction of sp³-hybridized carbons (Fsp3) is 0.250. The van der Waals surface area contributed by atoms with Crippen LogP contribution < -0.4 is 5.32 Å². The van der Waals surface area contributed by atoms with Crippen molar-refractivity contribution in [2.75, 3.05) is 5.32 Å². The molecule has 0 aliphatic rings. The molecule has 21 heavy (non-hydrogen) atoms. The van der Waals surface area contributed by atoms with Crippen LogP contribution in [0.3, 0.4) is 0 Å². The van der Waals surface area contributed by atoms with Gasteiger partial charge in [0.15, 0.2) is 0 Å². The largest absolute Gasteiger partial charge is 0.361 e. The van der Waals surface area contributed by atoms with Gasteiger partial charge < -0.3 is 10.3 Å². The van der Waals surface area contributed by atoms with Crippen molar-refractivity contribution < 1.29 is 4.79 Å². The summed E-state index contributed by atoms with van der Waals surface area (Å²) in [5.41, 5.74) is 2.41. The molecule has 5 nitrogen and oxygen atoms in total. The van der Waals surface area contributed by atoms with Crippen LogP contribution in [0.4, 0.5) is 5.82 Å². The molecule has 1 aromatic carbocycles. The Morgan fingerprint density at radius 2 is 2.19 bits per heavy atom. The monoisotopic (exact) mass is 282 g/mol. The topological polar surface area (TPSA) is 62.7 Å². The molecular weight excluding hydrogens is 264 g/mol. The predicted molar refractivity (Wildman–Crippen MR) is 83.1 cm³/mol. The number of anilines is 1. The highest BCUT2D eigenvalue weighted by atomic mass is 16.1. The highest BCUT2D eigenvalue weighted by Gasteiger charge is 2.07. The fourth-order valence-corrected chi connectivity index (χ4v) is 2.48. The number of para-hydroxylation sites is 1. The smallest absolute Gasteiger partial charge is 0.225 e. The predicted octanol–water partition coefficient (Wildman–Crippen LogP) is 2.86. The number of H-pyrrole nitrogens is 1. The molecule has 2 N–H and O–H groups in total. The number of hydrogen-bond acceptors (Lipinski definition) is 2. The number of aromatic amines is 1. The van der Waals surface area contributed by atoms with Gasteiger partial charge in [0.1, 0.15) is 5.82 Å². The Labute approximate surface area is 123 Å². The molecule has 0 unspecified atom stereocenters. The van der Waals surface area contributed by atoms with Gasteiger partial charge in [0.25, 0.3) is 0 Å². The number of carbonyl (C=O) groups is 1. The number of rotatable bonds is 5. The zero-order chi connectivity index (χ0) is 14.7. The molecule has 0 aliphatic heterocycles. The average molecular weight is 282 g/mol. The summed E-state index contributed by atoms with van der Waals surface area (Å²) in [4.78, 5) is 15.2. The quantitative estimate of drug-likeness (QED) is 0.756. The van der Waals surface area contributed by atoms with Crippen molar-refractivity contribution in [3.8, 4) is 0 Å². The van der Waals surface area contributed by atoms with Crippen molar-refractivity contribution in [2.24, 2.45) is 7.05 Å². The minimum atomic E-state index is 0.0263. The van der Waals surface area contributed by atoms with Gasteiger partial charge in [0, 0.05) is 36.6 Å². The Balaban J connectivity index is 1.54. The molecule has 1 amide bonds. The van der Waals surface area contributed by atoms with E-state index in [1.165, 1.54) is 10.9 Å². The number of aryl methyl sites for hydroxylation is 2. The third-order valence-corrected chi connectivity index (χ3v) is 3.61. The Morgan fingerprint density at radius 1 is 1.33 bits per heavy atom. The number of carbonyl (C=O) groups excluding carboxylic acids is 1. The van der Waals surface area contributed by atoms with Gasteiger partial charge >= 0.3 is 0 Å². The molecule has 3 rings (SSSR count). The Morgan fingerprint density at radius 3 is 3.00 bits per heavy atom. The fourth-order valence-electron chi connectivity index (χ4n) is 2.48. The molecule has 0 spiro atoms. The van der Waals surface area contributed by atoms with Crippen molar-refractivity contribution in [1.82, 2.24) is 14.8 Å². The highest BCUT2D eigenvalue weighted by Crippen LogP contribution is 2.19. The Bertz CT molecular complexity index is 756. The molecule has 0 aliphatic carbocycles. The standard InChI is InChI=1S/C16H18N4O/c1-20-15(9-10-18-20)19-16(21)8-4-5-12-11-17-14-7-3-2-6-13(12)14/h2-3,6-7,9-11,17H,4-5,8H2,1H3,(H,19,21). The second-order valence-corrected chi connectivity index (χ2v) is 5.10. The molecule has 0 radical (unpaired) electrons. The van der Waals surface area contributed by atoms with E-state index in [9.17, 15) is 4.79 Å². The maximum atomic E-state index is 11.9. The first kappa shape index (κ1) is 13.4. The first-order valence-electron chi connectivity index (χ1n) is 7.07. The number of hydrogen-bond donors (Lipinski definition) is 2. The summed E-state index contributed by atoms with van der Waals surface area (Å²) in [6.07, 6.45) is 5.92. The van der Waals surface area contributed by atoms with E-state index in [-0.39, 0.29) is 5.91 Å². The van der Waals surface area contributed by atoms with Crippen LogP contribution >= 0.6 is 0 Å². The average Bonchev–Trinajstić information content (AvgIpc) is 3.07. The van der Waals surface area contributed by atoms with Crippen LogP contribution in [0.5, 0.6) is 0 Å². The molecule has 2 heterocycles. The van der Waals surface area contributed by atoms with E-state index in [0.717, 1.165) is 24.2 Å². The lowest BCUT2D eigenvalue weighted by Crippen LogP contribution is -2.14. The van der Waals surface area contributed by atoms with Crippen LogP contribution in [0, 0.1) is 0 Å². The number of amides is 1. The lowest BCUT2D eigenvalue weighted by Gasteiger charge is -2.05. The summed E-state index contributed by atoms with van der Waals surface area (Å²) in [6, 6.07) is 10.0. The molecular formula is C16H18N4O. The van der Waals surface area contributed by atoms with Gasteiger partial charge in [-0.15, -0.1) is 0 Å². The maximum Gasteiger partial charge on any atom is 0.225 e. The Kier molecular flexibility index (Phi) is 3.73. The van der Waals surface area contributed by atoms with Gasteiger partial charge in [0.05, 0.1) is 6.20 Å². The van der Waals surface area contributed by atoms with Crippen LogP contribution in [0.25, 0.3) is 10.9 Å². The first-order valence-corrected chi connectivity index (χ1v) is 7.07. The summed E-state index contributed by atoms with van der Waals surface area (Å²) < 4.78 is 1.65. The molecule has 0 atom stereocenters. The number of fused-ring (bicyclic) bond motifs is 1. The number of aromatic nitrogens is 3. The number of nitrogens with one attached hydrogen (secondary N) is 2. The van der Waals surface area contributed by atoms with E-state index in [2.05, 4.69) is 27.5 Å². The molecule has 0 saturated heterocycles. The van der Waals surface area contributed by atoms with E-state index in [4.69, 9.17) is 0 Å². The summed E-state index contributed by atoms with van der Waals surface area (Å²) in [6.45, 7) is 0. The van der Waals surface area contributed by atoms with Crippen LogP contribution in [0.2, 0.25) is 0 Å². The van der Waals surface area contributed by atoms with Gasteiger partial charge in [-0.3, -0.25) is 9.48 Å². The van der Waals surface area contributed by atoms with Gasteiger partial charge in [-0.05, 0) is 24.5 Å². The van der Waals surface area contributed by atoms with E-state index in [0.29, 0.717) is 6.42 Å². The lowest BCUT2D eigenvalue weighted by molar-refractivity contribution is -0.116. The summed E-state index contributed by atoms with van der Waals surface area (Å²) in [5, 5.41) is 8.12. The van der Waals surface area contributed by atoms with E-state index in [1.54, 1.807) is 16.9 Å². The minimum absolute atomic E-state index is 0.0263. The minimum Gasteiger partial charge on any atom is -0.361 e. The molecule has 2 aromatic heterocycles. The maximum absolute atomic E-state index is 11.9. The second-order valence-electron chi connectivity index (χ2n) is 5.10. The summed E-state index contributed by atoms with van der Waals surface area (Å²) >= 11 is 0. The number of nitrogens with zero attached hydrogens (tertiary/aromatic N) is 2. The molecule has 3 aromatic rings. The van der Waals surface area contributed by atoms with Crippen molar-refractivity contribution >= 4 is 22.6 Å². The molecule has 0 saturated carbocycles. The van der Waals surface area contributed by atoms with E-state index >= 15 is 0 Å². The van der Waals surface area contributed by atoms with Crippen molar-refractivity contribution in [2.45, 2.75) is 19.3 Å². The van der Waals surface area contributed by atoms with Gasteiger partial charge in [-0.25, -0.2) is 0 Å². The van der Waals surface area contributed by atoms with Gasteiger partial charge in [-0.2, -0.15) is 5.10 Å². The number of benzene rings is 1. The van der Waals surface area contributed by atoms with Crippen molar-refractivity contribution in [3.63, 3.8) is 0 Å². The highest BCUT2D eigenvalue weighted by molar-refractivity contribution is 5.89. The normalized spacial score (nSPS) is 10.9. The van der Waals surface area contributed by atoms with Crippen LogP contribution in [-0.4, -0.2) is 20.7 Å². The van der Waals surface area contributed by atoms with E-state index < -0.39 is 0 Å². The lowest BCUT2D eigenvalue weighted by atomic mass is 10.1. The summed E-state index contributed by atoms with van der Waals surface area (Å²) in [7, 11) is 1.81. The third kappa shape index (κ3) is 2.97.